The molecule has 0 aliphatic heterocycles. The van der Waals surface area contributed by atoms with Gasteiger partial charge in [0.1, 0.15) is 29.4 Å². The molecule has 0 spiro atoms. The van der Waals surface area contributed by atoms with Crippen LogP contribution in [0.1, 0.15) is 126 Å². The van der Waals surface area contributed by atoms with Gasteiger partial charge in [-0.25, -0.2) is 14.4 Å². The normalized spacial score (nSPS) is 11.7. The second-order valence-electron chi connectivity index (χ2n) is 21.4. The molecule has 2 heterocycles. The highest BCUT2D eigenvalue weighted by Gasteiger charge is 2.26. The maximum absolute atomic E-state index is 13.6. The number of halogens is 1. The molecule has 3 N–H and O–H groups in total. The SMILES string of the molecule is C.CC(C)(C)OC(=O)NCC(C(=O)Cc1ccc2cnccc2c1)c1ccc(CO)cc1.Cc1ccccc1C(=O)Cl.Cc1ccccc1C(=O)OCc1ccc(C(CNC(=O)OC(C)(C)C)C(=O)Cc2ccc3cnccc3c2)cc1. The summed E-state index contributed by atoms with van der Waals surface area (Å²) in [6, 6.07) is 44.6. The second kappa shape index (κ2) is 30.3. The van der Waals surface area contributed by atoms with Crippen LogP contribution in [0.5, 0.6) is 0 Å². The minimum Gasteiger partial charge on any atom is -0.457 e. The van der Waals surface area contributed by atoms with E-state index in [4.69, 9.17) is 25.8 Å². The maximum atomic E-state index is 13.6. The van der Waals surface area contributed by atoms with Gasteiger partial charge in [-0.1, -0.05) is 129 Å². The number of ketones is 2. The fraction of sp³-hybridized carbons (Fsp3) is 0.284. The molecule has 14 nitrogen and oxygen atoms in total. The van der Waals surface area contributed by atoms with Gasteiger partial charge in [0.2, 0.25) is 0 Å². The Labute approximate surface area is 485 Å². The fourth-order valence-electron chi connectivity index (χ4n) is 8.49. The van der Waals surface area contributed by atoms with Crippen LogP contribution in [0.4, 0.5) is 9.59 Å². The van der Waals surface area contributed by atoms with Crippen LogP contribution in [0.3, 0.4) is 0 Å². The summed E-state index contributed by atoms with van der Waals surface area (Å²) in [7, 11) is 0. The summed E-state index contributed by atoms with van der Waals surface area (Å²) in [6.45, 7) is 14.7. The number of rotatable bonds is 17. The predicted octanol–water partition coefficient (Wildman–Crippen LogP) is 13.5. The number of aromatic nitrogens is 2. The average Bonchev–Trinajstić information content (AvgIpc) is 3.56. The van der Waals surface area contributed by atoms with Crippen molar-refractivity contribution in [3.63, 3.8) is 0 Å². The third-order valence-electron chi connectivity index (χ3n) is 12.7. The van der Waals surface area contributed by atoms with Gasteiger partial charge in [0.25, 0.3) is 5.24 Å². The van der Waals surface area contributed by atoms with E-state index in [1.807, 2.05) is 123 Å². The molecule has 0 aliphatic carbocycles. The molecule has 6 aromatic carbocycles. The number of alkyl carbamates (subject to hydrolysis) is 2. The summed E-state index contributed by atoms with van der Waals surface area (Å²) >= 11 is 5.27. The number of carbonyl (C=O) groups is 6. The van der Waals surface area contributed by atoms with Crippen LogP contribution in [0, 0.1) is 13.8 Å². The number of esters is 1. The summed E-state index contributed by atoms with van der Waals surface area (Å²) in [6.07, 6.45) is 6.32. The number of hydrogen-bond acceptors (Lipinski definition) is 12. The van der Waals surface area contributed by atoms with Crippen LogP contribution in [0.25, 0.3) is 21.5 Å². The number of fused-ring (bicyclic) bond motifs is 2. The van der Waals surface area contributed by atoms with E-state index in [0.29, 0.717) is 11.1 Å². The number of aryl methyl sites for hydroxylation is 2. The summed E-state index contributed by atoms with van der Waals surface area (Å²) in [4.78, 5) is 82.7. The third kappa shape index (κ3) is 20.2. The molecule has 428 valence electrons. The van der Waals surface area contributed by atoms with E-state index in [1.54, 1.807) is 103 Å². The Hall–Kier alpha value is -8.59. The van der Waals surface area contributed by atoms with Crippen LogP contribution in [-0.4, -0.2) is 74.3 Å². The van der Waals surface area contributed by atoms with Crippen molar-refractivity contribution in [1.82, 2.24) is 20.6 Å². The van der Waals surface area contributed by atoms with Crippen molar-refractivity contribution in [3.05, 3.63) is 226 Å². The molecule has 2 amide bonds. The smallest absolute Gasteiger partial charge is 0.407 e. The van der Waals surface area contributed by atoms with Gasteiger partial charge >= 0.3 is 18.2 Å². The first-order chi connectivity index (χ1) is 38.5. The van der Waals surface area contributed by atoms with Gasteiger partial charge in [-0.05, 0) is 147 Å². The molecule has 8 rings (SSSR count). The number of hydrogen-bond donors (Lipinski definition) is 3. The first-order valence-electron chi connectivity index (χ1n) is 26.5. The minimum atomic E-state index is -0.652. The zero-order valence-electron chi connectivity index (χ0n) is 47.0. The Kier molecular flexibility index (Phi) is 23.7. The summed E-state index contributed by atoms with van der Waals surface area (Å²) in [5.41, 5.74) is 6.48. The lowest BCUT2D eigenvalue weighted by Gasteiger charge is -2.22. The minimum absolute atomic E-state index is 0. The second-order valence-corrected chi connectivity index (χ2v) is 21.7. The van der Waals surface area contributed by atoms with Crippen LogP contribution >= 0.6 is 11.6 Å². The van der Waals surface area contributed by atoms with Crippen LogP contribution in [0.15, 0.2) is 170 Å². The molecular weight excluding hydrogens is 1060 g/mol. The van der Waals surface area contributed by atoms with E-state index in [-0.39, 0.29) is 64.1 Å². The number of aliphatic hydroxyl groups excluding tert-OH is 1. The maximum Gasteiger partial charge on any atom is 0.407 e. The van der Waals surface area contributed by atoms with Crippen molar-refractivity contribution in [2.24, 2.45) is 0 Å². The topological polar surface area (TPSA) is 200 Å². The van der Waals surface area contributed by atoms with Crippen molar-refractivity contribution in [2.75, 3.05) is 13.1 Å². The van der Waals surface area contributed by atoms with E-state index in [0.717, 1.165) is 66.1 Å². The predicted molar refractivity (Wildman–Crippen MR) is 322 cm³/mol. The van der Waals surface area contributed by atoms with Crippen molar-refractivity contribution in [3.8, 4) is 0 Å². The van der Waals surface area contributed by atoms with Crippen LogP contribution in [0.2, 0.25) is 0 Å². The molecule has 0 aliphatic rings. The average molecular weight is 1130 g/mol. The lowest BCUT2D eigenvalue weighted by molar-refractivity contribution is -0.120. The standard InChI is InChI=1S/C33H34N2O5.C25H28N2O4.C8H7ClO.CH4/c1-22-7-5-6-8-28(22)31(37)39-21-23-9-12-25(13-10-23)29(20-35-32(38)40-33(2,3)4)30(36)18-24-11-14-27-19-34-16-15-26(27)17-24;1-25(2,3)31-24(30)27-15-22(19-7-4-17(16-28)5-8-19)23(29)13-18-6-9-21-14-26-11-10-20(21)12-18;1-6-4-2-3-5-7(6)8(9)10;/h5-17,19,29H,18,20-21H2,1-4H3,(H,35,38);4-12,14,22,28H,13,15-16H2,1-3H3,(H,27,30);2-5H,1H3;1H4. The first kappa shape index (κ1) is 64.2. The van der Waals surface area contributed by atoms with Crippen LogP contribution < -0.4 is 10.6 Å². The highest BCUT2D eigenvalue weighted by atomic mass is 35.5. The van der Waals surface area contributed by atoms with E-state index >= 15 is 0 Å². The zero-order chi connectivity index (χ0) is 58.7. The summed E-state index contributed by atoms with van der Waals surface area (Å²) in [5.74, 6) is -1.56. The van der Waals surface area contributed by atoms with E-state index in [9.17, 15) is 33.9 Å². The fourth-order valence-corrected chi connectivity index (χ4v) is 8.70. The Morgan fingerprint density at radius 2 is 0.927 bits per heavy atom. The van der Waals surface area contributed by atoms with E-state index in [1.165, 1.54) is 0 Å². The van der Waals surface area contributed by atoms with Crippen LogP contribution in [-0.2, 0) is 49.9 Å². The van der Waals surface area contributed by atoms with Gasteiger partial charge in [0.05, 0.1) is 24.0 Å². The number of aliphatic hydroxyl groups is 1. The number of pyridine rings is 2. The monoisotopic (exact) mass is 1130 g/mol. The Balaban J connectivity index is 0.000000259. The number of carbonyl (C=O) groups excluding carboxylic acids is 6. The van der Waals surface area contributed by atoms with Crippen molar-refractivity contribution < 1.29 is 48.1 Å². The molecule has 82 heavy (non-hydrogen) atoms. The van der Waals surface area contributed by atoms with Gasteiger partial charge in [0.15, 0.2) is 0 Å². The molecule has 0 bridgehead atoms. The molecule has 0 fully saturated rings. The molecule has 2 unspecified atom stereocenters. The molecular formula is C67H73ClN4O10. The largest absolute Gasteiger partial charge is 0.457 e. The van der Waals surface area contributed by atoms with Gasteiger partial charge in [0, 0.05) is 67.1 Å². The summed E-state index contributed by atoms with van der Waals surface area (Å²) < 4.78 is 16.2. The van der Waals surface area contributed by atoms with Gasteiger partial charge in [-0.3, -0.25) is 24.4 Å². The quantitative estimate of drug-likeness (QED) is 0.0443. The number of nitrogens with one attached hydrogen (secondary N) is 2. The Morgan fingerprint density at radius 1 is 0.524 bits per heavy atom. The molecule has 8 aromatic rings. The highest BCUT2D eigenvalue weighted by Crippen LogP contribution is 2.25. The van der Waals surface area contributed by atoms with Crippen molar-refractivity contribution in [2.45, 2.75) is 112 Å². The molecule has 2 aromatic heterocycles. The lowest BCUT2D eigenvalue weighted by Crippen LogP contribution is -2.36. The van der Waals surface area contributed by atoms with Crippen molar-refractivity contribution in [1.29, 1.82) is 0 Å². The molecule has 15 heteroatoms. The number of Topliss-reactive ketones (excluding diaryl/α,β-unsaturated/α-hetero) is 2. The molecule has 2 atom stereocenters. The van der Waals surface area contributed by atoms with Gasteiger partial charge in [-0.15, -0.1) is 0 Å². The van der Waals surface area contributed by atoms with E-state index in [2.05, 4.69) is 20.6 Å². The Morgan fingerprint density at radius 3 is 1.32 bits per heavy atom. The summed E-state index contributed by atoms with van der Waals surface area (Å²) in [5, 5.41) is 18.4. The number of benzene rings is 6. The third-order valence-corrected chi connectivity index (χ3v) is 12.9. The number of amides is 2. The number of nitrogens with zero attached hydrogens (tertiary/aromatic N) is 2. The lowest BCUT2D eigenvalue weighted by atomic mass is 9.90. The molecule has 0 saturated carbocycles. The first-order valence-corrected chi connectivity index (χ1v) is 26.8. The zero-order valence-corrected chi connectivity index (χ0v) is 47.7. The van der Waals surface area contributed by atoms with Gasteiger partial charge < -0.3 is 30.0 Å². The molecule has 0 radical (unpaired) electrons. The van der Waals surface area contributed by atoms with E-state index < -0.39 is 40.5 Å². The van der Waals surface area contributed by atoms with Gasteiger partial charge in [-0.2, -0.15) is 0 Å². The Bertz CT molecular complexity index is 3460. The molecule has 0 saturated heterocycles. The number of ether oxygens (including phenoxy) is 3. The highest BCUT2D eigenvalue weighted by molar-refractivity contribution is 6.67. The van der Waals surface area contributed by atoms with Crippen molar-refractivity contribution >= 4 is 68.1 Å².